The Morgan fingerprint density at radius 2 is 2.10 bits per heavy atom. The highest BCUT2D eigenvalue weighted by Crippen LogP contribution is 2.28. The molecule has 1 aromatic heterocycles. The van der Waals surface area contributed by atoms with Crippen molar-refractivity contribution in [2.75, 3.05) is 6.54 Å². The molecule has 0 spiro atoms. The molecule has 2 aromatic rings. The SMILES string of the molecule is CC(c1ccc(Br)cc1)n1cncc1C1CCCCN1. The molecule has 0 saturated carbocycles. The first-order valence-corrected chi connectivity index (χ1v) is 8.05. The van der Waals surface area contributed by atoms with Gasteiger partial charge in [0.25, 0.3) is 0 Å². The fourth-order valence-electron chi connectivity index (χ4n) is 2.91. The highest BCUT2D eigenvalue weighted by molar-refractivity contribution is 9.10. The van der Waals surface area contributed by atoms with E-state index < -0.39 is 0 Å². The van der Waals surface area contributed by atoms with Crippen LogP contribution >= 0.6 is 15.9 Å². The molecule has 1 aliphatic rings. The van der Waals surface area contributed by atoms with Crippen LogP contribution in [0.5, 0.6) is 0 Å². The average molecular weight is 334 g/mol. The van der Waals surface area contributed by atoms with E-state index in [0.29, 0.717) is 12.1 Å². The van der Waals surface area contributed by atoms with Crippen molar-refractivity contribution in [1.29, 1.82) is 0 Å². The summed E-state index contributed by atoms with van der Waals surface area (Å²) in [5, 5.41) is 3.61. The molecule has 1 fully saturated rings. The highest BCUT2D eigenvalue weighted by Gasteiger charge is 2.20. The molecule has 2 atom stereocenters. The summed E-state index contributed by atoms with van der Waals surface area (Å²) >= 11 is 3.49. The largest absolute Gasteiger partial charge is 0.326 e. The van der Waals surface area contributed by atoms with Gasteiger partial charge in [0.05, 0.1) is 18.1 Å². The molecule has 0 bridgehead atoms. The number of hydrogen-bond donors (Lipinski definition) is 1. The number of piperidine rings is 1. The highest BCUT2D eigenvalue weighted by atomic mass is 79.9. The summed E-state index contributed by atoms with van der Waals surface area (Å²) in [6.45, 7) is 3.35. The number of aromatic nitrogens is 2. The third-order valence-electron chi connectivity index (χ3n) is 4.13. The maximum absolute atomic E-state index is 4.38. The third kappa shape index (κ3) is 2.81. The average Bonchev–Trinajstić information content (AvgIpc) is 2.97. The monoisotopic (exact) mass is 333 g/mol. The van der Waals surface area contributed by atoms with Gasteiger partial charge in [0.15, 0.2) is 0 Å². The number of nitrogens with zero attached hydrogens (tertiary/aromatic N) is 2. The van der Waals surface area contributed by atoms with Crippen LogP contribution in [0.3, 0.4) is 0 Å². The van der Waals surface area contributed by atoms with Crippen LogP contribution in [-0.4, -0.2) is 16.1 Å². The number of hydrogen-bond acceptors (Lipinski definition) is 2. The predicted octanol–water partition coefficient (Wildman–Crippen LogP) is 4.07. The van der Waals surface area contributed by atoms with Crippen molar-refractivity contribution < 1.29 is 0 Å². The van der Waals surface area contributed by atoms with E-state index in [2.05, 4.69) is 62.0 Å². The Balaban J connectivity index is 1.86. The van der Waals surface area contributed by atoms with Crippen LogP contribution < -0.4 is 5.32 Å². The fraction of sp³-hybridized carbons (Fsp3) is 0.438. The van der Waals surface area contributed by atoms with Crippen LogP contribution in [0, 0.1) is 0 Å². The summed E-state index contributed by atoms with van der Waals surface area (Å²) in [4.78, 5) is 4.38. The Kier molecular flexibility index (Phi) is 4.22. The zero-order chi connectivity index (χ0) is 13.9. The molecule has 1 saturated heterocycles. The maximum atomic E-state index is 4.38. The number of nitrogens with one attached hydrogen (secondary N) is 1. The van der Waals surface area contributed by atoms with E-state index in [1.165, 1.54) is 30.5 Å². The van der Waals surface area contributed by atoms with Gasteiger partial charge < -0.3 is 9.88 Å². The van der Waals surface area contributed by atoms with E-state index in [4.69, 9.17) is 0 Å². The van der Waals surface area contributed by atoms with E-state index in [-0.39, 0.29) is 0 Å². The smallest absolute Gasteiger partial charge is 0.0954 e. The molecular weight excluding hydrogens is 314 g/mol. The van der Waals surface area contributed by atoms with E-state index in [0.717, 1.165) is 11.0 Å². The molecule has 106 valence electrons. The van der Waals surface area contributed by atoms with Crippen molar-refractivity contribution in [3.05, 3.63) is 52.5 Å². The van der Waals surface area contributed by atoms with E-state index >= 15 is 0 Å². The molecule has 3 rings (SSSR count). The zero-order valence-electron chi connectivity index (χ0n) is 11.7. The fourth-order valence-corrected chi connectivity index (χ4v) is 3.18. The molecule has 1 aromatic carbocycles. The van der Waals surface area contributed by atoms with Crippen molar-refractivity contribution in [2.24, 2.45) is 0 Å². The first-order chi connectivity index (χ1) is 9.75. The normalized spacial score (nSPS) is 20.8. The molecule has 3 nitrogen and oxygen atoms in total. The standard InChI is InChI=1S/C16H20BrN3/c1-12(13-5-7-14(17)8-6-13)20-11-18-10-16(20)15-4-2-3-9-19-15/h5-8,10-12,15,19H,2-4,9H2,1H3. The van der Waals surface area contributed by atoms with E-state index in [1.54, 1.807) is 0 Å². The van der Waals surface area contributed by atoms with E-state index in [1.807, 2.05) is 12.5 Å². The molecule has 20 heavy (non-hydrogen) atoms. The second-order valence-electron chi connectivity index (χ2n) is 5.46. The molecule has 0 aliphatic carbocycles. The van der Waals surface area contributed by atoms with Crippen molar-refractivity contribution in [3.8, 4) is 0 Å². The van der Waals surface area contributed by atoms with Crippen molar-refractivity contribution in [1.82, 2.24) is 14.9 Å². The number of halogens is 1. The molecule has 0 radical (unpaired) electrons. The van der Waals surface area contributed by atoms with E-state index in [9.17, 15) is 0 Å². The van der Waals surface area contributed by atoms with Crippen LogP contribution in [0.15, 0.2) is 41.3 Å². The van der Waals surface area contributed by atoms with Gasteiger partial charge >= 0.3 is 0 Å². The summed E-state index contributed by atoms with van der Waals surface area (Å²) in [6.07, 6.45) is 7.76. The Hall–Kier alpha value is -1.13. The Bertz CT molecular complexity index is 555. The molecule has 1 N–H and O–H groups in total. The second kappa shape index (κ2) is 6.10. The van der Waals surface area contributed by atoms with Crippen LogP contribution in [0.25, 0.3) is 0 Å². The number of imidazole rings is 1. The van der Waals surface area contributed by atoms with Gasteiger partial charge in [0.2, 0.25) is 0 Å². The van der Waals surface area contributed by atoms with Crippen LogP contribution in [0.2, 0.25) is 0 Å². The number of rotatable bonds is 3. The maximum Gasteiger partial charge on any atom is 0.0954 e. The molecule has 2 unspecified atom stereocenters. The van der Waals surface area contributed by atoms with Gasteiger partial charge in [-0.05, 0) is 44.0 Å². The Morgan fingerprint density at radius 1 is 1.30 bits per heavy atom. The van der Waals surface area contributed by atoms with Gasteiger partial charge in [-0.2, -0.15) is 0 Å². The Labute approximate surface area is 128 Å². The number of benzene rings is 1. The van der Waals surface area contributed by atoms with Crippen LogP contribution in [-0.2, 0) is 0 Å². The molecule has 4 heteroatoms. The summed E-state index contributed by atoms with van der Waals surface area (Å²) in [6, 6.07) is 9.30. The minimum Gasteiger partial charge on any atom is -0.326 e. The van der Waals surface area contributed by atoms with Crippen molar-refractivity contribution in [2.45, 2.75) is 38.3 Å². The molecule has 1 aliphatic heterocycles. The lowest BCUT2D eigenvalue weighted by molar-refractivity contribution is 0.389. The minimum absolute atomic E-state index is 0.310. The van der Waals surface area contributed by atoms with Gasteiger partial charge in [-0.1, -0.05) is 34.5 Å². The first kappa shape index (κ1) is 13.8. The van der Waals surface area contributed by atoms with Gasteiger partial charge in [-0.3, -0.25) is 0 Å². The van der Waals surface area contributed by atoms with Gasteiger partial charge in [-0.25, -0.2) is 4.98 Å². The third-order valence-corrected chi connectivity index (χ3v) is 4.66. The lowest BCUT2D eigenvalue weighted by atomic mass is 10.0. The van der Waals surface area contributed by atoms with Crippen molar-refractivity contribution in [3.63, 3.8) is 0 Å². The second-order valence-corrected chi connectivity index (χ2v) is 6.37. The molecule has 2 heterocycles. The van der Waals surface area contributed by atoms with Gasteiger partial charge in [0, 0.05) is 16.7 Å². The zero-order valence-corrected chi connectivity index (χ0v) is 13.3. The summed E-state index contributed by atoms with van der Waals surface area (Å²) < 4.78 is 3.42. The minimum atomic E-state index is 0.310. The predicted molar refractivity (Wildman–Crippen MR) is 84.8 cm³/mol. The summed E-state index contributed by atoms with van der Waals surface area (Å²) in [5.74, 6) is 0. The molecular formula is C16H20BrN3. The van der Waals surface area contributed by atoms with Crippen LogP contribution in [0.4, 0.5) is 0 Å². The summed E-state index contributed by atoms with van der Waals surface area (Å²) in [7, 11) is 0. The summed E-state index contributed by atoms with van der Waals surface area (Å²) in [5.41, 5.74) is 2.61. The van der Waals surface area contributed by atoms with Crippen molar-refractivity contribution >= 4 is 15.9 Å². The quantitative estimate of drug-likeness (QED) is 0.917. The van der Waals surface area contributed by atoms with Gasteiger partial charge in [-0.15, -0.1) is 0 Å². The topological polar surface area (TPSA) is 29.9 Å². The molecule has 0 amide bonds. The first-order valence-electron chi connectivity index (χ1n) is 7.26. The van der Waals surface area contributed by atoms with Crippen LogP contribution in [0.1, 0.15) is 49.5 Å². The lowest BCUT2D eigenvalue weighted by Crippen LogP contribution is -2.29. The van der Waals surface area contributed by atoms with Gasteiger partial charge in [0.1, 0.15) is 0 Å². The lowest BCUT2D eigenvalue weighted by Gasteiger charge is -2.26. The Morgan fingerprint density at radius 3 is 2.80 bits per heavy atom.